The Balaban J connectivity index is 1.46. The van der Waals surface area contributed by atoms with Gasteiger partial charge in [0, 0.05) is 11.8 Å². The molecule has 1 aliphatic heterocycles. The maximum Gasteiger partial charge on any atom is 0.324 e. The van der Waals surface area contributed by atoms with E-state index in [1.54, 1.807) is 42.5 Å². The van der Waals surface area contributed by atoms with Crippen LogP contribution >= 0.6 is 0 Å². The fraction of sp³-hybridized carbons (Fsp3) is 0.111. The second-order valence-electron chi connectivity index (χ2n) is 5.94. The topological polar surface area (TPSA) is 120 Å². The fourth-order valence-corrected chi connectivity index (χ4v) is 2.74. The van der Waals surface area contributed by atoms with Gasteiger partial charge in [-0.05, 0) is 29.8 Å². The van der Waals surface area contributed by atoms with Crippen molar-refractivity contribution in [1.29, 1.82) is 0 Å². The third-order valence-corrected chi connectivity index (χ3v) is 4.06. The number of carbonyl (C=O) groups excluding carboxylic acids is 3. The molecule has 3 aromatic rings. The Morgan fingerprint density at radius 1 is 1.22 bits per heavy atom. The second-order valence-corrected chi connectivity index (χ2v) is 5.94. The molecule has 0 spiro atoms. The first-order valence-corrected chi connectivity index (χ1v) is 8.18. The van der Waals surface area contributed by atoms with Crippen LogP contribution in [0, 0.1) is 0 Å². The van der Waals surface area contributed by atoms with E-state index in [4.69, 9.17) is 4.42 Å². The predicted octanol–water partition coefficient (Wildman–Crippen LogP) is 1.97. The van der Waals surface area contributed by atoms with Gasteiger partial charge < -0.3 is 15.1 Å². The summed E-state index contributed by atoms with van der Waals surface area (Å²) in [4.78, 5) is 36.9. The van der Waals surface area contributed by atoms with Crippen LogP contribution < -0.4 is 10.6 Å². The van der Waals surface area contributed by atoms with Crippen molar-refractivity contribution in [3.05, 3.63) is 60.0 Å². The van der Waals surface area contributed by atoms with E-state index >= 15 is 0 Å². The van der Waals surface area contributed by atoms with E-state index in [0.29, 0.717) is 17.1 Å². The molecular weight excluding hydrogens is 350 g/mol. The number of H-pyrrole nitrogens is 1. The van der Waals surface area contributed by atoms with Gasteiger partial charge in [-0.25, -0.2) is 4.79 Å². The Morgan fingerprint density at radius 3 is 2.85 bits per heavy atom. The third kappa shape index (κ3) is 3.43. The molecule has 0 bridgehead atoms. The number of benzene rings is 1. The summed E-state index contributed by atoms with van der Waals surface area (Å²) in [7, 11) is 0. The minimum Gasteiger partial charge on any atom is -0.463 e. The van der Waals surface area contributed by atoms with Crippen LogP contribution in [0.25, 0.3) is 11.5 Å². The first-order chi connectivity index (χ1) is 13.1. The summed E-state index contributed by atoms with van der Waals surface area (Å²) in [6, 6.07) is 11.6. The van der Waals surface area contributed by atoms with Crippen LogP contribution in [-0.4, -0.2) is 39.5 Å². The van der Waals surface area contributed by atoms with Crippen molar-refractivity contribution in [2.45, 2.75) is 6.54 Å². The number of imide groups is 1. The van der Waals surface area contributed by atoms with E-state index < -0.39 is 11.9 Å². The van der Waals surface area contributed by atoms with Gasteiger partial charge in [-0.3, -0.25) is 19.6 Å². The lowest BCUT2D eigenvalue weighted by atomic mass is 10.2. The van der Waals surface area contributed by atoms with Crippen LogP contribution in [0.2, 0.25) is 0 Å². The lowest BCUT2D eigenvalue weighted by Gasteiger charge is -2.13. The zero-order valence-electron chi connectivity index (χ0n) is 14.1. The van der Waals surface area contributed by atoms with E-state index in [2.05, 4.69) is 20.8 Å². The minimum absolute atomic E-state index is 0.00637. The standard InChI is InChI=1S/C18H15N5O4/c24-16-9-19-18(26)23(16)10-11-3-1-4-12(7-11)20-17(25)14-8-13(21-22-14)15-5-2-6-27-15/h1-8H,9-10H2,(H,19,26)(H,20,25)(H,21,22). The molecule has 2 aromatic heterocycles. The van der Waals surface area contributed by atoms with E-state index in [1.807, 2.05) is 0 Å². The molecule has 9 heteroatoms. The maximum absolute atomic E-state index is 12.4. The van der Waals surface area contributed by atoms with Crippen molar-refractivity contribution in [1.82, 2.24) is 20.4 Å². The highest BCUT2D eigenvalue weighted by molar-refractivity contribution is 6.03. The summed E-state index contributed by atoms with van der Waals surface area (Å²) >= 11 is 0. The van der Waals surface area contributed by atoms with Crippen LogP contribution in [0.5, 0.6) is 0 Å². The lowest BCUT2D eigenvalue weighted by molar-refractivity contribution is -0.125. The van der Waals surface area contributed by atoms with Gasteiger partial charge in [0.05, 0.1) is 19.4 Å². The molecular formula is C18H15N5O4. The Hall–Kier alpha value is -3.88. The SMILES string of the molecule is O=C(Nc1cccc(CN2C(=O)CNC2=O)c1)c1cc(-c2ccco2)[nH]n1. The summed E-state index contributed by atoms with van der Waals surface area (Å²) < 4.78 is 5.26. The Bertz CT molecular complexity index is 992. The number of carbonyl (C=O) groups is 3. The van der Waals surface area contributed by atoms with Gasteiger partial charge in [-0.15, -0.1) is 0 Å². The van der Waals surface area contributed by atoms with Crippen molar-refractivity contribution in [3.8, 4) is 11.5 Å². The number of nitrogens with one attached hydrogen (secondary N) is 3. The summed E-state index contributed by atoms with van der Waals surface area (Å²) in [6.07, 6.45) is 1.53. The normalized spacial score (nSPS) is 13.7. The van der Waals surface area contributed by atoms with Gasteiger partial charge >= 0.3 is 6.03 Å². The van der Waals surface area contributed by atoms with Crippen molar-refractivity contribution in [2.75, 3.05) is 11.9 Å². The maximum atomic E-state index is 12.4. The average Bonchev–Trinajstić information content (AvgIpc) is 3.39. The van der Waals surface area contributed by atoms with E-state index in [0.717, 1.165) is 10.5 Å². The van der Waals surface area contributed by atoms with Gasteiger partial charge in [0.25, 0.3) is 5.91 Å². The van der Waals surface area contributed by atoms with Crippen molar-refractivity contribution < 1.29 is 18.8 Å². The van der Waals surface area contributed by atoms with Crippen LogP contribution in [0.15, 0.2) is 53.1 Å². The highest BCUT2D eigenvalue weighted by Crippen LogP contribution is 2.19. The van der Waals surface area contributed by atoms with Crippen molar-refractivity contribution in [2.24, 2.45) is 0 Å². The van der Waals surface area contributed by atoms with Crippen LogP contribution in [0.4, 0.5) is 10.5 Å². The molecule has 9 nitrogen and oxygen atoms in total. The molecule has 4 amide bonds. The van der Waals surface area contributed by atoms with Gasteiger partial charge in [-0.2, -0.15) is 5.10 Å². The monoisotopic (exact) mass is 365 g/mol. The highest BCUT2D eigenvalue weighted by atomic mass is 16.3. The fourth-order valence-electron chi connectivity index (χ4n) is 2.74. The Morgan fingerprint density at radius 2 is 2.11 bits per heavy atom. The molecule has 1 aliphatic rings. The third-order valence-electron chi connectivity index (χ3n) is 4.06. The molecule has 3 heterocycles. The number of hydrogen-bond donors (Lipinski definition) is 3. The molecule has 1 fully saturated rings. The smallest absolute Gasteiger partial charge is 0.324 e. The quantitative estimate of drug-likeness (QED) is 0.597. The molecule has 136 valence electrons. The molecule has 0 atom stereocenters. The largest absolute Gasteiger partial charge is 0.463 e. The first kappa shape index (κ1) is 16.6. The molecule has 1 saturated heterocycles. The summed E-state index contributed by atoms with van der Waals surface area (Å²) in [5.41, 5.74) is 2.06. The van der Waals surface area contributed by atoms with Gasteiger partial charge in [0.1, 0.15) is 5.69 Å². The molecule has 4 rings (SSSR count). The van der Waals surface area contributed by atoms with Gasteiger partial charge in [0.2, 0.25) is 5.91 Å². The molecule has 0 aliphatic carbocycles. The number of urea groups is 1. The van der Waals surface area contributed by atoms with Crippen LogP contribution in [0.3, 0.4) is 0 Å². The zero-order chi connectivity index (χ0) is 18.8. The number of aromatic amines is 1. The molecule has 27 heavy (non-hydrogen) atoms. The van der Waals surface area contributed by atoms with Crippen molar-refractivity contribution in [3.63, 3.8) is 0 Å². The number of furan rings is 1. The first-order valence-electron chi connectivity index (χ1n) is 8.18. The molecule has 0 radical (unpaired) electrons. The predicted molar refractivity (Wildman–Crippen MR) is 94.6 cm³/mol. The molecule has 1 aromatic carbocycles. The number of aromatic nitrogens is 2. The van der Waals surface area contributed by atoms with Gasteiger partial charge in [-0.1, -0.05) is 12.1 Å². The molecule has 3 N–H and O–H groups in total. The number of amides is 4. The molecule has 0 saturated carbocycles. The van der Waals surface area contributed by atoms with Crippen LogP contribution in [-0.2, 0) is 11.3 Å². The summed E-state index contributed by atoms with van der Waals surface area (Å²) in [5, 5.41) is 12.0. The second kappa shape index (κ2) is 6.79. The summed E-state index contributed by atoms with van der Waals surface area (Å²) in [6.45, 7) is 0.145. The zero-order valence-corrected chi connectivity index (χ0v) is 14.1. The Kier molecular flexibility index (Phi) is 4.17. The van der Waals surface area contributed by atoms with E-state index in [-0.39, 0.29) is 24.7 Å². The Labute approximate surface area is 153 Å². The number of nitrogens with zero attached hydrogens (tertiary/aromatic N) is 2. The van der Waals surface area contributed by atoms with E-state index in [1.165, 1.54) is 6.26 Å². The highest BCUT2D eigenvalue weighted by Gasteiger charge is 2.28. The van der Waals surface area contributed by atoms with Crippen LogP contribution in [0.1, 0.15) is 16.1 Å². The average molecular weight is 365 g/mol. The molecule has 0 unspecified atom stereocenters. The van der Waals surface area contributed by atoms with Gasteiger partial charge in [0.15, 0.2) is 11.5 Å². The summed E-state index contributed by atoms with van der Waals surface area (Å²) in [5.74, 6) is -0.0929. The number of anilines is 1. The minimum atomic E-state index is -0.420. The van der Waals surface area contributed by atoms with E-state index in [9.17, 15) is 14.4 Å². The number of hydrogen-bond acceptors (Lipinski definition) is 5. The lowest BCUT2D eigenvalue weighted by Crippen LogP contribution is -2.30. The van der Waals surface area contributed by atoms with Crippen molar-refractivity contribution >= 4 is 23.5 Å². The number of rotatable bonds is 5.